The molecule has 19 heavy (non-hydrogen) atoms. The molecule has 0 heterocycles. The largest absolute Gasteiger partial charge is 0.330 e. The van der Waals surface area contributed by atoms with Gasteiger partial charge in [-0.1, -0.05) is 23.7 Å². The molecule has 0 N–H and O–H groups in total. The second-order valence-corrected chi connectivity index (χ2v) is 6.88. The normalized spacial score (nSPS) is 11.7. The van der Waals surface area contributed by atoms with Gasteiger partial charge in [0, 0.05) is 5.02 Å². The smallest absolute Gasteiger partial charge is 0.309 e. The SMILES string of the molecule is CCOP(=O)(CCCCc1cccc(Cl)c1)OCC. The van der Waals surface area contributed by atoms with E-state index in [0.717, 1.165) is 24.3 Å². The minimum absolute atomic E-state index is 0.422. The van der Waals surface area contributed by atoms with Crippen LogP contribution in [0.5, 0.6) is 0 Å². The van der Waals surface area contributed by atoms with Crippen LogP contribution in [0, 0.1) is 0 Å². The highest BCUT2D eigenvalue weighted by Crippen LogP contribution is 2.48. The van der Waals surface area contributed by atoms with Gasteiger partial charge < -0.3 is 9.05 Å². The summed E-state index contributed by atoms with van der Waals surface area (Å²) >= 11 is 5.93. The quantitative estimate of drug-likeness (QED) is 0.479. The Kier molecular flexibility index (Phi) is 7.70. The van der Waals surface area contributed by atoms with Crippen LogP contribution in [0.1, 0.15) is 32.3 Å². The van der Waals surface area contributed by atoms with E-state index in [0.29, 0.717) is 19.4 Å². The first-order valence-electron chi connectivity index (χ1n) is 6.72. The Labute approximate surface area is 120 Å². The van der Waals surface area contributed by atoms with Gasteiger partial charge in [0.2, 0.25) is 0 Å². The molecular formula is C14H22ClO3P. The molecule has 0 aliphatic carbocycles. The first-order valence-corrected chi connectivity index (χ1v) is 8.83. The van der Waals surface area contributed by atoms with Crippen LogP contribution in [0.25, 0.3) is 0 Å². The van der Waals surface area contributed by atoms with Crippen molar-refractivity contribution in [3.05, 3.63) is 34.9 Å². The summed E-state index contributed by atoms with van der Waals surface area (Å²) in [5.74, 6) is 0. The van der Waals surface area contributed by atoms with Crippen molar-refractivity contribution in [2.75, 3.05) is 19.4 Å². The van der Waals surface area contributed by atoms with Crippen LogP contribution in [0.3, 0.4) is 0 Å². The minimum Gasteiger partial charge on any atom is -0.309 e. The summed E-state index contributed by atoms with van der Waals surface area (Å²) in [6.45, 7) is 4.51. The maximum atomic E-state index is 12.2. The molecule has 1 aromatic carbocycles. The molecule has 0 radical (unpaired) electrons. The van der Waals surface area contributed by atoms with Gasteiger partial charge in [-0.25, -0.2) is 0 Å². The van der Waals surface area contributed by atoms with Crippen molar-refractivity contribution in [1.29, 1.82) is 0 Å². The van der Waals surface area contributed by atoms with Crippen LogP contribution in [0.4, 0.5) is 0 Å². The van der Waals surface area contributed by atoms with Gasteiger partial charge >= 0.3 is 7.60 Å². The lowest BCUT2D eigenvalue weighted by molar-refractivity contribution is 0.219. The van der Waals surface area contributed by atoms with E-state index in [4.69, 9.17) is 20.6 Å². The van der Waals surface area contributed by atoms with E-state index in [2.05, 4.69) is 6.07 Å². The van der Waals surface area contributed by atoms with Gasteiger partial charge in [0.05, 0.1) is 19.4 Å². The Morgan fingerprint density at radius 2 is 1.84 bits per heavy atom. The maximum absolute atomic E-state index is 12.2. The molecule has 0 amide bonds. The van der Waals surface area contributed by atoms with Gasteiger partial charge in [-0.2, -0.15) is 0 Å². The molecule has 1 aromatic rings. The van der Waals surface area contributed by atoms with Crippen LogP contribution >= 0.6 is 19.2 Å². The van der Waals surface area contributed by atoms with Crippen molar-refractivity contribution >= 4 is 19.2 Å². The molecule has 0 bridgehead atoms. The van der Waals surface area contributed by atoms with Crippen molar-refractivity contribution in [2.24, 2.45) is 0 Å². The van der Waals surface area contributed by atoms with Crippen LogP contribution < -0.4 is 0 Å². The fourth-order valence-corrected chi connectivity index (χ4v) is 3.83. The summed E-state index contributed by atoms with van der Waals surface area (Å²) in [6, 6.07) is 7.83. The summed E-state index contributed by atoms with van der Waals surface area (Å²) < 4.78 is 22.7. The van der Waals surface area contributed by atoms with Gasteiger partial charge in [-0.05, 0) is 50.8 Å². The highest BCUT2D eigenvalue weighted by atomic mass is 35.5. The lowest BCUT2D eigenvalue weighted by Crippen LogP contribution is -2.00. The van der Waals surface area contributed by atoms with E-state index in [1.165, 1.54) is 5.56 Å². The maximum Gasteiger partial charge on any atom is 0.330 e. The molecule has 108 valence electrons. The summed E-state index contributed by atoms with van der Waals surface area (Å²) in [6.07, 6.45) is 3.18. The molecule has 0 aliphatic heterocycles. The van der Waals surface area contributed by atoms with Gasteiger partial charge in [0.1, 0.15) is 0 Å². The van der Waals surface area contributed by atoms with Gasteiger partial charge in [-0.15, -0.1) is 0 Å². The molecule has 0 saturated heterocycles. The van der Waals surface area contributed by atoms with Gasteiger partial charge in [-0.3, -0.25) is 4.57 Å². The average molecular weight is 305 g/mol. The fraction of sp³-hybridized carbons (Fsp3) is 0.571. The zero-order valence-corrected chi connectivity index (χ0v) is 13.3. The van der Waals surface area contributed by atoms with Gasteiger partial charge in [0.25, 0.3) is 0 Å². The molecule has 0 aromatic heterocycles. The van der Waals surface area contributed by atoms with Crippen molar-refractivity contribution in [1.82, 2.24) is 0 Å². The van der Waals surface area contributed by atoms with Gasteiger partial charge in [0.15, 0.2) is 0 Å². The fourth-order valence-electron chi connectivity index (χ4n) is 1.89. The molecule has 0 aliphatic rings. The van der Waals surface area contributed by atoms with Crippen molar-refractivity contribution in [3.8, 4) is 0 Å². The monoisotopic (exact) mass is 304 g/mol. The number of hydrogen-bond acceptors (Lipinski definition) is 3. The van der Waals surface area contributed by atoms with Crippen LogP contribution in [-0.2, 0) is 20.0 Å². The molecule has 1 rings (SSSR count). The molecule has 0 unspecified atom stereocenters. The third kappa shape index (κ3) is 6.58. The van der Waals surface area contributed by atoms with E-state index in [1.54, 1.807) is 0 Å². The third-order valence-corrected chi connectivity index (χ3v) is 5.09. The summed E-state index contributed by atoms with van der Waals surface area (Å²) in [7, 11) is -2.88. The molecule has 0 atom stereocenters. The average Bonchev–Trinajstić information content (AvgIpc) is 2.35. The van der Waals surface area contributed by atoms with E-state index in [-0.39, 0.29) is 0 Å². The minimum atomic E-state index is -2.88. The first-order chi connectivity index (χ1) is 9.09. The van der Waals surface area contributed by atoms with Crippen LogP contribution in [0.2, 0.25) is 5.02 Å². The van der Waals surface area contributed by atoms with Crippen molar-refractivity contribution in [3.63, 3.8) is 0 Å². The predicted molar refractivity (Wildman–Crippen MR) is 80.1 cm³/mol. The van der Waals surface area contributed by atoms with Crippen molar-refractivity contribution < 1.29 is 13.6 Å². The Hall–Kier alpha value is -0.340. The lowest BCUT2D eigenvalue weighted by atomic mass is 10.1. The number of halogens is 1. The Bertz CT molecular complexity index is 413. The highest BCUT2D eigenvalue weighted by molar-refractivity contribution is 7.53. The second kappa shape index (κ2) is 8.76. The number of unbranched alkanes of at least 4 members (excludes halogenated alkanes) is 1. The summed E-state index contributed by atoms with van der Waals surface area (Å²) in [4.78, 5) is 0. The van der Waals surface area contributed by atoms with Crippen molar-refractivity contribution in [2.45, 2.75) is 33.1 Å². The lowest BCUT2D eigenvalue weighted by Gasteiger charge is -2.16. The number of aryl methyl sites for hydroxylation is 1. The van der Waals surface area contributed by atoms with E-state index in [1.807, 2.05) is 32.0 Å². The third-order valence-electron chi connectivity index (χ3n) is 2.69. The first kappa shape index (κ1) is 16.7. The predicted octanol–water partition coefficient (Wildman–Crippen LogP) is 4.93. The molecule has 5 heteroatoms. The molecule has 0 saturated carbocycles. The number of benzene rings is 1. The Balaban J connectivity index is 2.34. The standard InChI is InChI=1S/C14H22ClO3P/c1-3-17-19(16,18-4-2)11-6-5-8-13-9-7-10-14(15)12-13/h7,9-10,12H,3-6,8,11H2,1-2H3. The molecule has 0 spiro atoms. The van der Waals surface area contributed by atoms with Crippen LogP contribution in [0.15, 0.2) is 24.3 Å². The molecular weight excluding hydrogens is 283 g/mol. The Morgan fingerprint density at radius 3 is 2.42 bits per heavy atom. The summed E-state index contributed by atoms with van der Waals surface area (Å²) in [5.41, 5.74) is 1.20. The van der Waals surface area contributed by atoms with E-state index < -0.39 is 7.60 Å². The zero-order valence-electron chi connectivity index (χ0n) is 11.6. The number of hydrogen-bond donors (Lipinski definition) is 0. The summed E-state index contributed by atoms with van der Waals surface area (Å²) in [5, 5.41) is 0.756. The van der Waals surface area contributed by atoms with E-state index >= 15 is 0 Å². The number of rotatable bonds is 9. The van der Waals surface area contributed by atoms with Crippen LogP contribution in [-0.4, -0.2) is 19.4 Å². The Morgan fingerprint density at radius 1 is 1.16 bits per heavy atom. The van der Waals surface area contributed by atoms with E-state index in [9.17, 15) is 4.57 Å². The highest BCUT2D eigenvalue weighted by Gasteiger charge is 2.22. The molecule has 0 fully saturated rings. The second-order valence-electron chi connectivity index (χ2n) is 4.26. The molecule has 3 nitrogen and oxygen atoms in total. The zero-order chi connectivity index (χ0) is 14.1. The topological polar surface area (TPSA) is 35.5 Å².